The molecule has 0 aromatic heterocycles. The molecule has 1 aliphatic rings. The minimum Gasteiger partial charge on any atom is -0.465 e. The zero-order chi connectivity index (χ0) is 30.0. The number of esters is 1. The molecule has 2 unspecified atom stereocenters. The lowest BCUT2D eigenvalue weighted by Crippen LogP contribution is -2.37. The highest BCUT2D eigenvalue weighted by atomic mass is 16.7. The molecule has 0 N–H and O–H groups in total. The van der Waals surface area contributed by atoms with Crippen LogP contribution in [0, 0.1) is 18.8 Å². The van der Waals surface area contributed by atoms with Crippen molar-refractivity contribution in [2.24, 2.45) is 11.8 Å². The minimum atomic E-state index is -0.696. The lowest BCUT2D eigenvalue weighted by atomic mass is 9.99. The Morgan fingerprint density at radius 1 is 0.878 bits per heavy atom. The molecular weight excluding hydrogens is 522 g/mol. The van der Waals surface area contributed by atoms with Crippen molar-refractivity contribution < 1.29 is 33.3 Å². The SMILES string of the molecule is [CH2]C(COC(=O)CCC(OCCCC/C=C\CC)OCCCC/C=C\CC)COC(=O)OCC1CCCN(CC)C1. The van der Waals surface area contributed by atoms with Gasteiger partial charge in [-0.1, -0.05) is 45.1 Å². The molecule has 8 nitrogen and oxygen atoms in total. The number of hydrogen-bond acceptors (Lipinski definition) is 8. The van der Waals surface area contributed by atoms with Crippen molar-refractivity contribution >= 4 is 12.1 Å². The van der Waals surface area contributed by atoms with E-state index in [0.717, 1.165) is 83.8 Å². The summed E-state index contributed by atoms with van der Waals surface area (Å²) < 4.78 is 27.7. The first-order valence-corrected chi connectivity index (χ1v) is 16.0. The van der Waals surface area contributed by atoms with Gasteiger partial charge in [0.1, 0.15) is 6.61 Å². The van der Waals surface area contributed by atoms with Crippen LogP contribution in [0.15, 0.2) is 24.3 Å². The Kier molecular flexibility index (Phi) is 23.3. The molecular formula is C33H58NO7. The van der Waals surface area contributed by atoms with E-state index in [1.807, 2.05) is 0 Å². The first-order valence-electron chi connectivity index (χ1n) is 16.0. The van der Waals surface area contributed by atoms with Gasteiger partial charge in [0.15, 0.2) is 6.29 Å². The Bertz CT molecular complexity index is 688. The van der Waals surface area contributed by atoms with Crippen LogP contribution in [0.25, 0.3) is 0 Å². The van der Waals surface area contributed by atoms with Crippen LogP contribution in [-0.2, 0) is 28.5 Å². The summed E-state index contributed by atoms with van der Waals surface area (Å²) in [5.41, 5.74) is 0. The zero-order valence-corrected chi connectivity index (χ0v) is 26.2. The summed E-state index contributed by atoms with van der Waals surface area (Å²) in [6, 6.07) is 0. The van der Waals surface area contributed by atoms with Gasteiger partial charge in [-0.25, -0.2) is 4.79 Å². The average Bonchev–Trinajstić information content (AvgIpc) is 2.99. The van der Waals surface area contributed by atoms with Gasteiger partial charge < -0.3 is 28.6 Å². The number of nitrogens with zero attached hydrogens (tertiary/aromatic N) is 1. The monoisotopic (exact) mass is 580 g/mol. The number of carbonyl (C=O) groups is 2. The molecule has 1 saturated heterocycles. The summed E-state index contributed by atoms with van der Waals surface area (Å²) >= 11 is 0. The molecule has 237 valence electrons. The van der Waals surface area contributed by atoms with Gasteiger partial charge in [0.2, 0.25) is 0 Å². The summed E-state index contributed by atoms with van der Waals surface area (Å²) in [4.78, 5) is 26.7. The van der Waals surface area contributed by atoms with Gasteiger partial charge in [0, 0.05) is 38.0 Å². The Hall–Kier alpha value is -1.90. The van der Waals surface area contributed by atoms with Gasteiger partial charge in [-0.05, 0) is 84.2 Å². The fourth-order valence-corrected chi connectivity index (χ4v) is 4.50. The van der Waals surface area contributed by atoms with Crippen LogP contribution in [0.4, 0.5) is 4.79 Å². The van der Waals surface area contributed by atoms with Crippen molar-refractivity contribution in [3.05, 3.63) is 31.2 Å². The molecule has 8 heteroatoms. The number of likely N-dealkylation sites (tertiary alicyclic amines) is 1. The summed E-state index contributed by atoms with van der Waals surface area (Å²) in [6.45, 7) is 15.1. The van der Waals surface area contributed by atoms with E-state index in [0.29, 0.717) is 32.2 Å². The van der Waals surface area contributed by atoms with E-state index in [1.54, 1.807) is 0 Å². The van der Waals surface area contributed by atoms with Crippen LogP contribution in [0.1, 0.15) is 97.8 Å². The lowest BCUT2D eigenvalue weighted by Gasteiger charge is -2.31. The fourth-order valence-electron chi connectivity index (χ4n) is 4.50. The van der Waals surface area contributed by atoms with E-state index in [1.165, 1.54) is 0 Å². The third-order valence-corrected chi connectivity index (χ3v) is 6.93. The molecule has 1 radical (unpaired) electrons. The number of rotatable bonds is 24. The second-order valence-electron chi connectivity index (χ2n) is 10.8. The summed E-state index contributed by atoms with van der Waals surface area (Å²) in [5, 5.41) is 0. The first kappa shape index (κ1) is 37.1. The van der Waals surface area contributed by atoms with Gasteiger partial charge in [0.25, 0.3) is 0 Å². The number of piperidine rings is 1. The van der Waals surface area contributed by atoms with Gasteiger partial charge in [-0.2, -0.15) is 0 Å². The molecule has 0 bridgehead atoms. The third-order valence-electron chi connectivity index (χ3n) is 6.93. The zero-order valence-electron chi connectivity index (χ0n) is 26.2. The highest BCUT2D eigenvalue weighted by Crippen LogP contribution is 2.17. The number of carbonyl (C=O) groups excluding carboxylic acids is 2. The molecule has 1 aliphatic heterocycles. The molecule has 1 heterocycles. The van der Waals surface area contributed by atoms with Crippen LogP contribution in [-0.4, -0.2) is 76.0 Å². The maximum absolute atomic E-state index is 12.4. The highest BCUT2D eigenvalue weighted by molar-refractivity contribution is 5.69. The smallest absolute Gasteiger partial charge is 0.465 e. The Labute approximate surface area is 250 Å². The maximum Gasteiger partial charge on any atom is 0.508 e. The van der Waals surface area contributed by atoms with Crippen LogP contribution in [0.5, 0.6) is 0 Å². The van der Waals surface area contributed by atoms with E-state index in [-0.39, 0.29) is 31.5 Å². The molecule has 1 rings (SSSR count). The molecule has 0 amide bonds. The lowest BCUT2D eigenvalue weighted by molar-refractivity contribution is -0.160. The Balaban J connectivity index is 2.26. The fraction of sp³-hybridized carbons (Fsp3) is 0.788. The number of ether oxygens (including phenoxy) is 5. The Morgan fingerprint density at radius 2 is 1.51 bits per heavy atom. The third kappa shape index (κ3) is 21.5. The molecule has 0 aromatic carbocycles. The molecule has 0 aliphatic carbocycles. The van der Waals surface area contributed by atoms with Crippen LogP contribution in [0.2, 0.25) is 0 Å². The second-order valence-corrected chi connectivity index (χ2v) is 10.8. The van der Waals surface area contributed by atoms with E-state index in [2.05, 4.69) is 56.9 Å². The summed E-state index contributed by atoms with van der Waals surface area (Å²) in [5.74, 6) is -0.371. The van der Waals surface area contributed by atoms with E-state index in [9.17, 15) is 9.59 Å². The topological polar surface area (TPSA) is 83.5 Å². The average molecular weight is 581 g/mol. The molecule has 0 saturated carbocycles. The van der Waals surface area contributed by atoms with Crippen molar-refractivity contribution in [2.75, 3.05) is 52.7 Å². The molecule has 0 aromatic rings. The van der Waals surface area contributed by atoms with E-state index in [4.69, 9.17) is 23.7 Å². The largest absolute Gasteiger partial charge is 0.508 e. The maximum atomic E-state index is 12.4. The van der Waals surface area contributed by atoms with Gasteiger partial charge in [-0.15, -0.1) is 0 Å². The summed E-state index contributed by atoms with van der Waals surface area (Å²) in [7, 11) is 0. The Morgan fingerprint density at radius 3 is 2.12 bits per heavy atom. The summed E-state index contributed by atoms with van der Waals surface area (Å²) in [6.07, 6.45) is 18.7. The van der Waals surface area contributed by atoms with E-state index < -0.39 is 12.4 Å². The number of allylic oxidation sites excluding steroid dienone is 4. The van der Waals surface area contributed by atoms with Crippen molar-refractivity contribution in [1.82, 2.24) is 4.90 Å². The predicted molar refractivity (Wildman–Crippen MR) is 163 cm³/mol. The first-order chi connectivity index (χ1) is 20.0. The standard InChI is InChI=1S/C33H58NO7/c1-5-8-10-12-14-16-23-37-32(38-24-17-15-13-11-9-6-2)21-20-31(35)39-26-29(4)27-40-33(36)41-28-30-19-18-22-34(7-3)25-30/h8-11,29-30,32H,4-7,12-28H2,1-3H3/b10-8-,11-9-. The van der Waals surface area contributed by atoms with Crippen molar-refractivity contribution in [1.29, 1.82) is 0 Å². The van der Waals surface area contributed by atoms with Crippen molar-refractivity contribution in [3.63, 3.8) is 0 Å². The van der Waals surface area contributed by atoms with Crippen LogP contribution >= 0.6 is 0 Å². The van der Waals surface area contributed by atoms with Gasteiger partial charge in [-0.3, -0.25) is 4.79 Å². The van der Waals surface area contributed by atoms with Gasteiger partial charge in [0.05, 0.1) is 19.6 Å². The van der Waals surface area contributed by atoms with Crippen LogP contribution in [0.3, 0.4) is 0 Å². The number of hydrogen-bond donors (Lipinski definition) is 0. The second kappa shape index (κ2) is 25.8. The number of unbranched alkanes of at least 4 members (excludes halogenated alkanes) is 4. The quantitative estimate of drug-likeness (QED) is 0.0510. The minimum absolute atomic E-state index is 0.0353. The molecule has 41 heavy (non-hydrogen) atoms. The van der Waals surface area contributed by atoms with E-state index >= 15 is 0 Å². The van der Waals surface area contributed by atoms with Crippen molar-refractivity contribution in [2.45, 2.75) is 104 Å². The molecule has 1 fully saturated rings. The highest BCUT2D eigenvalue weighted by Gasteiger charge is 2.21. The van der Waals surface area contributed by atoms with Crippen molar-refractivity contribution in [3.8, 4) is 0 Å². The molecule has 2 atom stereocenters. The normalized spacial score (nSPS) is 17.0. The molecule has 0 spiro atoms. The van der Waals surface area contributed by atoms with Crippen LogP contribution < -0.4 is 0 Å². The predicted octanol–water partition coefficient (Wildman–Crippen LogP) is 7.28. The van der Waals surface area contributed by atoms with Gasteiger partial charge >= 0.3 is 12.1 Å².